The molecule has 0 bridgehead atoms. The Hall–Kier alpha value is -1.91. The molecule has 1 aromatic carbocycles. The Morgan fingerprint density at radius 1 is 1.38 bits per heavy atom. The van der Waals surface area contributed by atoms with E-state index in [0.29, 0.717) is 31.5 Å². The van der Waals surface area contributed by atoms with Crippen molar-refractivity contribution in [3.05, 3.63) is 34.9 Å². The Balaban J connectivity index is 1.99. The number of benzene rings is 1. The summed E-state index contributed by atoms with van der Waals surface area (Å²) in [6.45, 7) is 6.68. The molecule has 6 nitrogen and oxygen atoms in total. The quantitative estimate of drug-likeness (QED) is 0.831. The second-order valence-electron chi connectivity index (χ2n) is 8.23. The van der Waals surface area contributed by atoms with Crippen LogP contribution in [0.15, 0.2) is 18.2 Å². The number of fused-ring (bicyclic) bond motifs is 1. The molecule has 0 aromatic heterocycles. The smallest absolute Gasteiger partial charge is 0.407 e. The summed E-state index contributed by atoms with van der Waals surface area (Å²) in [6.07, 6.45) is 1.27. The van der Waals surface area contributed by atoms with Crippen LogP contribution in [-0.2, 0) is 17.4 Å². The lowest BCUT2D eigenvalue weighted by Crippen LogP contribution is -2.48. The van der Waals surface area contributed by atoms with Crippen molar-refractivity contribution in [2.24, 2.45) is 5.41 Å². The molecule has 1 spiro atoms. The minimum Gasteiger partial charge on any atom is -0.465 e. The predicted octanol–water partition coefficient (Wildman–Crippen LogP) is 2.97. The largest absolute Gasteiger partial charge is 0.465 e. The van der Waals surface area contributed by atoms with Gasteiger partial charge in [0.25, 0.3) is 0 Å². The number of nitrogens with zero attached hydrogens (tertiary/aromatic N) is 2. The molecule has 1 unspecified atom stereocenters. The first-order valence-electron chi connectivity index (χ1n) is 8.86. The first kappa shape index (κ1) is 18.9. The van der Waals surface area contributed by atoms with E-state index in [1.54, 1.807) is 6.07 Å². The molecule has 1 saturated heterocycles. The maximum Gasteiger partial charge on any atom is 0.407 e. The summed E-state index contributed by atoms with van der Waals surface area (Å²) in [7, 11) is -1.28. The number of nitriles is 1. The van der Waals surface area contributed by atoms with E-state index in [2.05, 4.69) is 10.8 Å². The van der Waals surface area contributed by atoms with Crippen LogP contribution in [-0.4, -0.2) is 38.1 Å². The summed E-state index contributed by atoms with van der Waals surface area (Å²) in [5.41, 5.74) is 2.46. The highest BCUT2D eigenvalue weighted by atomic mass is 32.2. The number of amides is 1. The van der Waals surface area contributed by atoms with Crippen LogP contribution in [0.1, 0.15) is 56.3 Å². The third-order valence-corrected chi connectivity index (χ3v) is 7.13. The zero-order valence-electron chi connectivity index (χ0n) is 15.4. The summed E-state index contributed by atoms with van der Waals surface area (Å²) in [5.74, 6) is 0. The van der Waals surface area contributed by atoms with Crippen LogP contribution < -0.4 is 4.72 Å². The standard InChI is InChI=1S/C19H25N3O3S/c1-18(2,3)26(25)21-16-15-13(5-4-6-14(15)12-20)11-19(16)7-9-22(10-8-19)17(23)24/h4-6,16,21H,7-11H2,1-3H3,(H,23,24)/t16-,26?/m1/s1. The van der Waals surface area contributed by atoms with E-state index in [0.717, 1.165) is 17.5 Å². The normalized spacial score (nSPS) is 22.7. The Morgan fingerprint density at radius 2 is 2.04 bits per heavy atom. The van der Waals surface area contributed by atoms with Crippen molar-refractivity contribution >= 4 is 17.1 Å². The second-order valence-corrected chi connectivity index (χ2v) is 10.2. The predicted molar refractivity (Wildman–Crippen MR) is 99.9 cm³/mol. The van der Waals surface area contributed by atoms with E-state index in [-0.39, 0.29) is 11.5 Å². The molecule has 1 fully saturated rings. The number of carboxylic acid groups (broad SMARTS) is 1. The molecule has 26 heavy (non-hydrogen) atoms. The molecular weight excluding hydrogens is 350 g/mol. The van der Waals surface area contributed by atoms with Crippen LogP contribution >= 0.6 is 0 Å². The van der Waals surface area contributed by atoms with Gasteiger partial charge in [-0.1, -0.05) is 12.1 Å². The number of nitrogens with one attached hydrogen (secondary N) is 1. The number of hydrogen-bond donors (Lipinski definition) is 2. The van der Waals surface area contributed by atoms with Gasteiger partial charge in [-0.2, -0.15) is 5.26 Å². The van der Waals surface area contributed by atoms with Crippen LogP contribution in [0.3, 0.4) is 0 Å². The maximum atomic E-state index is 12.8. The summed E-state index contributed by atoms with van der Waals surface area (Å²) in [5, 5.41) is 18.8. The zero-order chi connectivity index (χ0) is 19.1. The molecule has 0 saturated carbocycles. The van der Waals surface area contributed by atoms with Gasteiger partial charge in [-0.15, -0.1) is 0 Å². The molecule has 2 atom stereocenters. The minimum atomic E-state index is -1.28. The first-order chi connectivity index (χ1) is 12.2. The Bertz CT molecular complexity index is 786. The van der Waals surface area contributed by atoms with Gasteiger partial charge in [0.05, 0.1) is 33.4 Å². The number of likely N-dealkylation sites (tertiary alicyclic amines) is 1. The third kappa shape index (κ3) is 3.24. The lowest BCUT2D eigenvalue weighted by Gasteiger charge is -2.43. The molecule has 140 valence electrons. The van der Waals surface area contributed by atoms with Crippen LogP contribution in [0.25, 0.3) is 0 Å². The van der Waals surface area contributed by atoms with Gasteiger partial charge < -0.3 is 10.0 Å². The average molecular weight is 375 g/mol. The SMILES string of the molecule is CC(C)(C)S(=O)N[C@@H]1c2c(C#N)cccc2CC12CCN(C(=O)O)CC2. The van der Waals surface area contributed by atoms with Gasteiger partial charge in [-0.25, -0.2) is 13.7 Å². The van der Waals surface area contributed by atoms with Crippen LogP contribution in [0.5, 0.6) is 0 Å². The molecule has 1 aliphatic carbocycles. The van der Waals surface area contributed by atoms with Crippen molar-refractivity contribution < 1.29 is 14.1 Å². The summed E-state index contributed by atoms with van der Waals surface area (Å²) in [6, 6.07) is 7.80. The highest BCUT2D eigenvalue weighted by Gasteiger charge is 2.50. The molecule has 7 heteroatoms. The Labute approximate surface area is 156 Å². The Kier molecular flexibility index (Phi) is 4.84. The summed E-state index contributed by atoms with van der Waals surface area (Å²) >= 11 is 0. The minimum absolute atomic E-state index is 0.204. The van der Waals surface area contributed by atoms with Crippen LogP contribution in [0, 0.1) is 16.7 Å². The van der Waals surface area contributed by atoms with Crippen molar-refractivity contribution in [2.75, 3.05) is 13.1 Å². The zero-order valence-corrected chi connectivity index (χ0v) is 16.2. The fourth-order valence-electron chi connectivity index (χ4n) is 4.07. The van der Waals surface area contributed by atoms with E-state index in [1.165, 1.54) is 4.90 Å². The van der Waals surface area contributed by atoms with Crippen molar-refractivity contribution in [1.29, 1.82) is 5.26 Å². The van der Waals surface area contributed by atoms with Crippen molar-refractivity contribution in [2.45, 2.75) is 50.8 Å². The van der Waals surface area contributed by atoms with Gasteiger partial charge in [0.15, 0.2) is 0 Å². The lowest BCUT2D eigenvalue weighted by molar-refractivity contribution is 0.0768. The topological polar surface area (TPSA) is 93.4 Å². The third-order valence-electron chi connectivity index (χ3n) is 5.57. The molecule has 1 aromatic rings. The number of carbonyl (C=O) groups is 1. The van der Waals surface area contributed by atoms with Gasteiger partial charge in [0.1, 0.15) is 0 Å². The van der Waals surface area contributed by atoms with E-state index in [1.807, 2.05) is 32.9 Å². The van der Waals surface area contributed by atoms with Crippen LogP contribution in [0.4, 0.5) is 4.79 Å². The number of hydrogen-bond acceptors (Lipinski definition) is 3. The Morgan fingerprint density at radius 3 is 2.58 bits per heavy atom. The highest BCUT2D eigenvalue weighted by molar-refractivity contribution is 7.84. The average Bonchev–Trinajstić information content (AvgIpc) is 2.87. The molecule has 1 aliphatic heterocycles. The van der Waals surface area contributed by atoms with Gasteiger partial charge in [0.2, 0.25) is 0 Å². The van der Waals surface area contributed by atoms with Crippen LogP contribution in [0.2, 0.25) is 0 Å². The fraction of sp³-hybridized carbons (Fsp3) is 0.579. The number of piperidine rings is 1. The van der Waals surface area contributed by atoms with Gasteiger partial charge >= 0.3 is 6.09 Å². The van der Waals surface area contributed by atoms with Gasteiger partial charge in [0, 0.05) is 13.1 Å². The van der Waals surface area contributed by atoms with Gasteiger partial charge in [-0.05, 0) is 62.6 Å². The summed E-state index contributed by atoms with van der Waals surface area (Å²) in [4.78, 5) is 12.7. The molecule has 2 aliphatic rings. The second kappa shape index (κ2) is 6.67. The lowest BCUT2D eigenvalue weighted by atomic mass is 9.73. The number of rotatable bonds is 2. The van der Waals surface area contributed by atoms with Crippen molar-refractivity contribution in [3.8, 4) is 6.07 Å². The molecule has 3 rings (SSSR count). The van der Waals surface area contributed by atoms with E-state index in [4.69, 9.17) is 0 Å². The fourth-order valence-corrected chi connectivity index (χ4v) is 5.01. The maximum absolute atomic E-state index is 12.8. The first-order valence-corrected chi connectivity index (χ1v) is 10.0. The van der Waals surface area contributed by atoms with Crippen molar-refractivity contribution in [1.82, 2.24) is 9.62 Å². The molecule has 2 N–H and O–H groups in total. The summed E-state index contributed by atoms with van der Waals surface area (Å²) < 4.78 is 15.7. The molecule has 0 radical (unpaired) electrons. The molecule has 1 heterocycles. The van der Waals surface area contributed by atoms with Gasteiger partial charge in [-0.3, -0.25) is 0 Å². The van der Waals surface area contributed by atoms with Crippen molar-refractivity contribution in [3.63, 3.8) is 0 Å². The highest BCUT2D eigenvalue weighted by Crippen LogP contribution is 2.53. The van der Waals surface area contributed by atoms with E-state index in [9.17, 15) is 19.4 Å². The van der Waals surface area contributed by atoms with E-state index < -0.39 is 21.8 Å². The van der Waals surface area contributed by atoms with E-state index >= 15 is 0 Å². The molecular formula is C19H25N3O3S. The monoisotopic (exact) mass is 375 g/mol. The molecule has 1 amide bonds.